The van der Waals surface area contributed by atoms with Crippen LogP contribution in [0.5, 0.6) is 5.75 Å². The molecule has 0 radical (unpaired) electrons. The highest BCUT2D eigenvalue weighted by molar-refractivity contribution is 5.80. The number of aliphatic hydroxyl groups is 1. The second-order valence-electron chi connectivity index (χ2n) is 8.65. The Morgan fingerprint density at radius 2 is 2.00 bits per heavy atom. The molecule has 146 valence electrons. The number of hydrogen-bond acceptors (Lipinski definition) is 4. The topological polar surface area (TPSA) is 75.9 Å². The van der Waals surface area contributed by atoms with Gasteiger partial charge in [-0.05, 0) is 70.4 Å². The van der Waals surface area contributed by atoms with Crippen molar-refractivity contribution in [2.24, 2.45) is 11.8 Å². The fourth-order valence-electron chi connectivity index (χ4n) is 4.33. The summed E-state index contributed by atoms with van der Waals surface area (Å²) in [5.41, 5.74) is 0.194. The zero-order chi connectivity index (χ0) is 19.0. The van der Waals surface area contributed by atoms with Gasteiger partial charge in [0.2, 0.25) is 5.91 Å². The predicted octanol–water partition coefficient (Wildman–Crippen LogP) is 2.94. The zero-order valence-corrected chi connectivity index (χ0v) is 16.1. The molecule has 2 aliphatic carbocycles. The molecule has 2 heterocycles. The van der Waals surface area contributed by atoms with Crippen molar-refractivity contribution in [3.63, 3.8) is 0 Å². The van der Waals surface area contributed by atoms with Gasteiger partial charge in [0.05, 0.1) is 5.60 Å². The van der Waals surface area contributed by atoms with Gasteiger partial charge in [-0.3, -0.25) is 4.79 Å². The molecule has 2 aromatic heterocycles. The highest BCUT2D eigenvalue weighted by Crippen LogP contribution is 2.35. The number of imidazole rings is 1. The first kappa shape index (κ1) is 18.3. The number of amides is 1. The smallest absolute Gasteiger partial charge is 0.223 e. The maximum absolute atomic E-state index is 12.5. The molecule has 0 spiro atoms. The summed E-state index contributed by atoms with van der Waals surface area (Å²) in [6.07, 6.45) is 11.0. The Kier molecular flexibility index (Phi) is 4.84. The molecule has 2 fully saturated rings. The second kappa shape index (κ2) is 7.15. The number of carbonyl (C=O) groups is 1. The molecule has 2 saturated carbocycles. The molecule has 0 aliphatic heterocycles. The summed E-state index contributed by atoms with van der Waals surface area (Å²) in [6.45, 7) is 3.77. The van der Waals surface area contributed by atoms with E-state index in [1.165, 1.54) is 0 Å². The number of carbonyl (C=O) groups excluding carboxylic acids is 1. The number of aromatic nitrogens is 2. The number of nitrogens with one attached hydrogen (secondary N) is 1. The number of ether oxygens (including phenoxy) is 1. The van der Waals surface area contributed by atoms with Crippen LogP contribution < -0.4 is 10.1 Å². The standard InChI is InChI=1S/C21H29N3O3/c1-21(2,26)15-5-7-16(8-6-15)23-20(25)14-12-17(13-14)27-18-4-3-10-24-11-9-22-19(18)24/h3-4,9-11,14-17,26H,5-8,12-13H2,1-2H3,(H,23,25). The van der Waals surface area contributed by atoms with E-state index in [-0.39, 0.29) is 24.0 Å². The molecule has 2 aromatic rings. The van der Waals surface area contributed by atoms with Crippen LogP contribution in [0, 0.1) is 11.8 Å². The Bertz CT molecular complexity index is 796. The van der Waals surface area contributed by atoms with Crippen LogP contribution in [-0.4, -0.2) is 38.1 Å². The first-order chi connectivity index (χ1) is 12.9. The quantitative estimate of drug-likeness (QED) is 0.847. The molecule has 4 rings (SSSR count). The van der Waals surface area contributed by atoms with Crippen LogP contribution in [0.1, 0.15) is 52.4 Å². The third-order valence-electron chi connectivity index (χ3n) is 6.22. The van der Waals surface area contributed by atoms with E-state index in [1.54, 1.807) is 6.20 Å². The van der Waals surface area contributed by atoms with Crippen LogP contribution in [0.25, 0.3) is 5.65 Å². The molecule has 0 saturated heterocycles. The summed E-state index contributed by atoms with van der Waals surface area (Å²) >= 11 is 0. The van der Waals surface area contributed by atoms with Gasteiger partial charge in [-0.15, -0.1) is 0 Å². The van der Waals surface area contributed by atoms with Crippen molar-refractivity contribution < 1.29 is 14.6 Å². The molecule has 0 atom stereocenters. The van der Waals surface area contributed by atoms with Crippen molar-refractivity contribution in [2.45, 2.75) is 70.1 Å². The Labute approximate surface area is 159 Å². The van der Waals surface area contributed by atoms with Gasteiger partial charge in [0.25, 0.3) is 0 Å². The zero-order valence-electron chi connectivity index (χ0n) is 16.1. The van der Waals surface area contributed by atoms with Gasteiger partial charge in [-0.2, -0.15) is 0 Å². The van der Waals surface area contributed by atoms with E-state index in [9.17, 15) is 9.90 Å². The van der Waals surface area contributed by atoms with Crippen LogP contribution in [-0.2, 0) is 4.79 Å². The summed E-state index contributed by atoms with van der Waals surface area (Å²) in [5.74, 6) is 1.30. The molecule has 0 unspecified atom stereocenters. The minimum atomic E-state index is -0.620. The molecular weight excluding hydrogens is 342 g/mol. The number of fused-ring (bicyclic) bond motifs is 1. The lowest BCUT2D eigenvalue weighted by Crippen LogP contribution is -2.48. The average Bonchev–Trinajstić information content (AvgIpc) is 3.06. The Balaban J connectivity index is 1.23. The summed E-state index contributed by atoms with van der Waals surface area (Å²) in [4.78, 5) is 16.8. The highest BCUT2D eigenvalue weighted by atomic mass is 16.5. The van der Waals surface area contributed by atoms with Crippen molar-refractivity contribution in [3.05, 3.63) is 30.7 Å². The molecule has 0 bridgehead atoms. The molecular formula is C21H29N3O3. The van der Waals surface area contributed by atoms with E-state index in [2.05, 4.69) is 10.3 Å². The third-order valence-corrected chi connectivity index (χ3v) is 6.22. The maximum Gasteiger partial charge on any atom is 0.223 e. The minimum Gasteiger partial charge on any atom is -0.486 e. The van der Waals surface area contributed by atoms with Gasteiger partial charge in [0.15, 0.2) is 11.4 Å². The van der Waals surface area contributed by atoms with Gasteiger partial charge in [0.1, 0.15) is 6.10 Å². The lowest BCUT2D eigenvalue weighted by atomic mass is 9.76. The van der Waals surface area contributed by atoms with Crippen molar-refractivity contribution in [1.82, 2.24) is 14.7 Å². The lowest BCUT2D eigenvalue weighted by Gasteiger charge is -2.38. The normalized spacial score (nSPS) is 28.6. The van der Waals surface area contributed by atoms with E-state index in [0.29, 0.717) is 5.92 Å². The number of rotatable bonds is 5. The van der Waals surface area contributed by atoms with E-state index in [4.69, 9.17) is 4.74 Å². The summed E-state index contributed by atoms with van der Waals surface area (Å²) in [6, 6.07) is 4.11. The largest absolute Gasteiger partial charge is 0.486 e. The van der Waals surface area contributed by atoms with Crippen LogP contribution in [0.15, 0.2) is 30.7 Å². The molecule has 2 aliphatic rings. The molecule has 6 nitrogen and oxygen atoms in total. The number of pyridine rings is 1. The Morgan fingerprint density at radius 1 is 1.26 bits per heavy atom. The van der Waals surface area contributed by atoms with Crippen LogP contribution in [0.2, 0.25) is 0 Å². The predicted molar refractivity (Wildman–Crippen MR) is 103 cm³/mol. The maximum atomic E-state index is 12.5. The monoisotopic (exact) mass is 371 g/mol. The first-order valence-corrected chi connectivity index (χ1v) is 10.0. The number of hydrogen-bond donors (Lipinski definition) is 2. The molecule has 27 heavy (non-hydrogen) atoms. The van der Waals surface area contributed by atoms with E-state index < -0.39 is 5.60 Å². The third kappa shape index (κ3) is 3.95. The average molecular weight is 371 g/mol. The molecule has 2 N–H and O–H groups in total. The molecule has 1 amide bonds. The van der Waals surface area contributed by atoms with Crippen molar-refractivity contribution in [2.75, 3.05) is 0 Å². The van der Waals surface area contributed by atoms with Crippen molar-refractivity contribution in [1.29, 1.82) is 0 Å². The Morgan fingerprint density at radius 3 is 2.70 bits per heavy atom. The van der Waals surface area contributed by atoms with E-state index in [1.807, 2.05) is 42.8 Å². The first-order valence-electron chi connectivity index (χ1n) is 10.0. The molecule has 0 aromatic carbocycles. The summed E-state index contributed by atoms with van der Waals surface area (Å²) in [5, 5.41) is 13.4. The SMILES string of the molecule is CC(C)(O)C1CCC(NC(=O)C2CC(Oc3cccn4ccnc34)C2)CC1. The highest BCUT2D eigenvalue weighted by Gasteiger charge is 2.38. The minimum absolute atomic E-state index is 0.0430. The van der Waals surface area contributed by atoms with Gasteiger partial charge in [0, 0.05) is 30.6 Å². The Hall–Kier alpha value is -2.08. The van der Waals surface area contributed by atoms with Gasteiger partial charge in [-0.1, -0.05) is 0 Å². The van der Waals surface area contributed by atoms with Gasteiger partial charge >= 0.3 is 0 Å². The molecule has 6 heteroatoms. The van der Waals surface area contributed by atoms with Crippen LogP contribution in [0.4, 0.5) is 0 Å². The van der Waals surface area contributed by atoms with Crippen LogP contribution in [0.3, 0.4) is 0 Å². The summed E-state index contributed by atoms with van der Waals surface area (Å²) in [7, 11) is 0. The second-order valence-corrected chi connectivity index (χ2v) is 8.65. The summed E-state index contributed by atoms with van der Waals surface area (Å²) < 4.78 is 7.99. The fourth-order valence-corrected chi connectivity index (χ4v) is 4.33. The lowest BCUT2D eigenvalue weighted by molar-refractivity contribution is -0.131. The van der Waals surface area contributed by atoms with Crippen molar-refractivity contribution >= 4 is 11.6 Å². The van der Waals surface area contributed by atoms with Crippen LogP contribution >= 0.6 is 0 Å². The van der Waals surface area contributed by atoms with E-state index in [0.717, 1.165) is 49.9 Å². The van der Waals surface area contributed by atoms with E-state index >= 15 is 0 Å². The fraction of sp³-hybridized carbons (Fsp3) is 0.619. The van der Waals surface area contributed by atoms with Gasteiger partial charge in [-0.25, -0.2) is 4.98 Å². The number of nitrogens with zero attached hydrogens (tertiary/aromatic N) is 2. The van der Waals surface area contributed by atoms with Gasteiger partial charge < -0.3 is 19.6 Å². The van der Waals surface area contributed by atoms with Crippen molar-refractivity contribution in [3.8, 4) is 5.75 Å².